The van der Waals surface area contributed by atoms with Gasteiger partial charge >= 0.3 is 6.03 Å². The zero-order valence-electron chi connectivity index (χ0n) is 11.5. The lowest BCUT2D eigenvalue weighted by atomic mass is 9.99. The van der Waals surface area contributed by atoms with Crippen LogP contribution >= 0.6 is 0 Å². The first-order valence-corrected chi connectivity index (χ1v) is 6.89. The largest absolute Gasteiger partial charge is 0.328 e. The number of rotatable bonds is 5. The van der Waals surface area contributed by atoms with E-state index in [2.05, 4.69) is 12.2 Å². The molecular formula is C13H27N3O. The summed E-state index contributed by atoms with van der Waals surface area (Å²) < 4.78 is 0. The molecule has 0 bridgehead atoms. The summed E-state index contributed by atoms with van der Waals surface area (Å²) in [5.74, 6) is 0.629. The number of carbonyl (C=O) groups excluding carboxylic acids is 1. The van der Waals surface area contributed by atoms with Crippen molar-refractivity contribution in [2.45, 2.75) is 33.1 Å². The van der Waals surface area contributed by atoms with Gasteiger partial charge in [-0.2, -0.15) is 0 Å². The van der Waals surface area contributed by atoms with E-state index in [0.717, 1.165) is 39.1 Å². The van der Waals surface area contributed by atoms with Crippen LogP contribution in [0.1, 0.15) is 33.1 Å². The Balaban J connectivity index is 2.48. The van der Waals surface area contributed by atoms with Gasteiger partial charge in [0.15, 0.2) is 0 Å². The SMILES string of the molecule is CCCN(CC1CCCNC1)C(=O)N(C)CC. The van der Waals surface area contributed by atoms with Gasteiger partial charge in [0.1, 0.15) is 0 Å². The summed E-state index contributed by atoms with van der Waals surface area (Å²) >= 11 is 0. The normalized spacial score (nSPS) is 20.1. The summed E-state index contributed by atoms with van der Waals surface area (Å²) in [4.78, 5) is 16.0. The van der Waals surface area contributed by atoms with Gasteiger partial charge in [0.25, 0.3) is 0 Å². The van der Waals surface area contributed by atoms with Crippen LogP contribution in [0.25, 0.3) is 0 Å². The Labute approximate surface area is 105 Å². The molecule has 4 heteroatoms. The standard InChI is InChI=1S/C13H27N3O/c1-4-9-16(13(17)15(3)5-2)11-12-7-6-8-14-10-12/h12,14H,4-11H2,1-3H3. The number of nitrogens with one attached hydrogen (secondary N) is 1. The van der Waals surface area contributed by atoms with Crippen LogP contribution in [0.15, 0.2) is 0 Å². The summed E-state index contributed by atoms with van der Waals surface area (Å²) in [5.41, 5.74) is 0. The predicted octanol–water partition coefficient (Wildman–Crippen LogP) is 1.77. The number of nitrogens with zero attached hydrogens (tertiary/aromatic N) is 2. The molecule has 1 fully saturated rings. The molecule has 1 saturated heterocycles. The first-order valence-electron chi connectivity index (χ1n) is 6.89. The van der Waals surface area contributed by atoms with Crippen LogP contribution in [0, 0.1) is 5.92 Å². The molecule has 0 saturated carbocycles. The Bertz CT molecular complexity index is 227. The topological polar surface area (TPSA) is 35.6 Å². The van der Waals surface area contributed by atoms with E-state index < -0.39 is 0 Å². The molecule has 2 amide bonds. The lowest BCUT2D eigenvalue weighted by molar-refractivity contribution is 0.151. The van der Waals surface area contributed by atoms with Crippen LogP contribution in [-0.2, 0) is 0 Å². The Morgan fingerprint density at radius 3 is 2.71 bits per heavy atom. The van der Waals surface area contributed by atoms with E-state index in [1.165, 1.54) is 12.8 Å². The van der Waals surface area contributed by atoms with Crippen LogP contribution in [0.4, 0.5) is 4.79 Å². The number of piperidine rings is 1. The summed E-state index contributed by atoms with van der Waals surface area (Å²) in [6.45, 7) is 8.90. The monoisotopic (exact) mass is 241 g/mol. The van der Waals surface area contributed by atoms with Crippen molar-refractivity contribution in [2.24, 2.45) is 5.92 Å². The lowest BCUT2D eigenvalue weighted by Gasteiger charge is -2.32. The van der Waals surface area contributed by atoms with Crippen molar-refractivity contribution in [3.05, 3.63) is 0 Å². The molecule has 4 nitrogen and oxygen atoms in total. The van der Waals surface area contributed by atoms with Gasteiger partial charge in [-0.15, -0.1) is 0 Å². The molecule has 17 heavy (non-hydrogen) atoms. The maximum absolute atomic E-state index is 12.2. The maximum Gasteiger partial charge on any atom is 0.319 e. The van der Waals surface area contributed by atoms with Crippen molar-refractivity contribution in [2.75, 3.05) is 39.8 Å². The van der Waals surface area contributed by atoms with Crippen LogP contribution in [0.5, 0.6) is 0 Å². The smallest absolute Gasteiger partial charge is 0.319 e. The summed E-state index contributed by atoms with van der Waals surface area (Å²) in [6.07, 6.45) is 3.52. The van der Waals surface area contributed by atoms with Crippen molar-refractivity contribution < 1.29 is 4.79 Å². The molecule has 0 radical (unpaired) electrons. The molecule has 1 aliphatic rings. The van der Waals surface area contributed by atoms with Crippen LogP contribution in [0.3, 0.4) is 0 Å². The Kier molecular flexibility index (Phi) is 6.34. The molecule has 0 spiro atoms. The van der Waals surface area contributed by atoms with E-state index >= 15 is 0 Å². The average Bonchev–Trinajstić information content (AvgIpc) is 2.37. The van der Waals surface area contributed by atoms with Crippen molar-refractivity contribution in [3.63, 3.8) is 0 Å². The Hall–Kier alpha value is -0.770. The molecule has 1 atom stereocenters. The highest BCUT2D eigenvalue weighted by molar-refractivity contribution is 5.74. The minimum atomic E-state index is 0.180. The number of urea groups is 1. The Morgan fingerprint density at radius 1 is 1.41 bits per heavy atom. The highest BCUT2D eigenvalue weighted by Crippen LogP contribution is 2.13. The van der Waals surface area contributed by atoms with Gasteiger partial charge in [-0.1, -0.05) is 6.92 Å². The van der Waals surface area contributed by atoms with E-state index in [4.69, 9.17) is 0 Å². The second-order valence-corrected chi connectivity index (χ2v) is 4.96. The molecule has 100 valence electrons. The molecular weight excluding hydrogens is 214 g/mol. The fourth-order valence-electron chi connectivity index (χ4n) is 2.30. The predicted molar refractivity (Wildman–Crippen MR) is 71.2 cm³/mol. The fourth-order valence-corrected chi connectivity index (χ4v) is 2.30. The summed E-state index contributed by atoms with van der Waals surface area (Å²) in [5, 5.41) is 3.41. The van der Waals surface area contributed by atoms with Crippen molar-refractivity contribution in [1.29, 1.82) is 0 Å². The van der Waals surface area contributed by atoms with E-state index in [9.17, 15) is 4.79 Å². The lowest BCUT2D eigenvalue weighted by Crippen LogP contribution is -2.46. The molecule has 0 aromatic carbocycles. The van der Waals surface area contributed by atoms with E-state index in [1.807, 2.05) is 18.9 Å². The van der Waals surface area contributed by atoms with Gasteiger partial charge < -0.3 is 15.1 Å². The molecule has 0 aliphatic carbocycles. The first-order chi connectivity index (χ1) is 8.19. The minimum Gasteiger partial charge on any atom is -0.328 e. The second-order valence-electron chi connectivity index (χ2n) is 4.96. The van der Waals surface area contributed by atoms with Gasteiger partial charge in [0, 0.05) is 26.7 Å². The highest BCUT2D eigenvalue weighted by Gasteiger charge is 2.21. The number of hydrogen-bond donors (Lipinski definition) is 1. The number of carbonyl (C=O) groups is 1. The zero-order valence-corrected chi connectivity index (χ0v) is 11.5. The third kappa shape index (κ3) is 4.54. The number of amides is 2. The van der Waals surface area contributed by atoms with Crippen molar-refractivity contribution in [1.82, 2.24) is 15.1 Å². The van der Waals surface area contributed by atoms with Crippen LogP contribution in [-0.4, -0.2) is 55.6 Å². The third-order valence-electron chi connectivity index (χ3n) is 3.44. The van der Waals surface area contributed by atoms with Crippen LogP contribution in [0.2, 0.25) is 0 Å². The summed E-state index contributed by atoms with van der Waals surface area (Å²) in [7, 11) is 1.88. The van der Waals surface area contributed by atoms with Gasteiger partial charge in [-0.05, 0) is 45.2 Å². The molecule has 1 aliphatic heterocycles. The molecule has 0 aromatic rings. The molecule has 1 N–H and O–H groups in total. The fraction of sp³-hybridized carbons (Fsp3) is 0.923. The first kappa shape index (κ1) is 14.3. The second kappa shape index (κ2) is 7.54. The van der Waals surface area contributed by atoms with Gasteiger partial charge in [0.2, 0.25) is 0 Å². The Morgan fingerprint density at radius 2 is 2.18 bits per heavy atom. The molecule has 0 aromatic heterocycles. The van der Waals surface area contributed by atoms with Gasteiger partial charge in [-0.3, -0.25) is 0 Å². The molecule has 1 rings (SSSR count). The van der Waals surface area contributed by atoms with Crippen LogP contribution < -0.4 is 5.32 Å². The third-order valence-corrected chi connectivity index (χ3v) is 3.44. The van der Waals surface area contributed by atoms with Gasteiger partial charge in [-0.25, -0.2) is 4.79 Å². The molecule has 1 heterocycles. The summed E-state index contributed by atoms with van der Waals surface area (Å²) in [6, 6.07) is 0.180. The molecule has 1 unspecified atom stereocenters. The van der Waals surface area contributed by atoms with E-state index in [-0.39, 0.29) is 6.03 Å². The quantitative estimate of drug-likeness (QED) is 0.796. The highest BCUT2D eigenvalue weighted by atomic mass is 16.2. The van der Waals surface area contributed by atoms with E-state index in [1.54, 1.807) is 4.90 Å². The van der Waals surface area contributed by atoms with Crippen molar-refractivity contribution >= 4 is 6.03 Å². The minimum absolute atomic E-state index is 0.180. The zero-order chi connectivity index (χ0) is 12.7. The maximum atomic E-state index is 12.2. The average molecular weight is 241 g/mol. The van der Waals surface area contributed by atoms with Crippen molar-refractivity contribution in [3.8, 4) is 0 Å². The van der Waals surface area contributed by atoms with Gasteiger partial charge in [0.05, 0.1) is 0 Å². The van der Waals surface area contributed by atoms with E-state index in [0.29, 0.717) is 5.92 Å². The number of hydrogen-bond acceptors (Lipinski definition) is 2.